The largest absolute Gasteiger partial charge is 0.337 e. The van der Waals surface area contributed by atoms with E-state index in [0.29, 0.717) is 31.6 Å². The molecule has 1 aliphatic rings. The summed E-state index contributed by atoms with van der Waals surface area (Å²) in [4.78, 5) is 14.7. The second kappa shape index (κ2) is 7.43. The average Bonchev–Trinajstić information content (AvgIpc) is 3.34. The van der Waals surface area contributed by atoms with E-state index >= 15 is 0 Å². The minimum Gasteiger partial charge on any atom is -0.337 e. The van der Waals surface area contributed by atoms with Gasteiger partial charge in [-0.05, 0) is 18.9 Å². The lowest BCUT2D eigenvalue weighted by Crippen LogP contribution is -2.43. The Hall–Kier alpha value is -3.01. The van der Waals surface area contributed by atoms with Crippen molar-refractivity contribution in [2.75, 3.05) is 13.1 Å². The molecule has 0 spiro atoms. The molecule has 0 N–H and O–H groups in total. The predicted octanol–water partition coefficient (Wildman–Crippen LogP) is 1.29. The van der Waals surface area contributed by atoms with Crippen molar-refractivity contribution in [3.63, 3.8) is 0 Å². The van der Waals surface area contributed by atoms with Gasteiger partial charge in [-0.3, -0.25) is 9.48 Å². The van der Waals surface area contributed by atoms with Crippen LogP contribution in [0.25, 0.3) is 11.3 Å². The van der Waals surface area contributed by atoms with E-state index in [-0.39, 0.29) is 11.1 Å². The summed E-state index contributed by atoms with van der Waals surface area (Å²) >= 11 is 0. The molecule has 3 aromatic rings. The lowest BCUT2D eigenvalue weighted by Gasteiger charge is -2.31. The third-order valence-electron chi connectivity index (χ3n) is 5.26. The quantitative estimate of drug-likeness (QED) is 0.637. The van der Waals surface area contributed by atoms with Gasteiger partial charge in [0, 0.05) is 32.7 Å². The number of hydrogen-bond acceptors (Lipinski definition) is 6. The average molecular weight is 414 g/mol. The van der Waals surface area contributed by atoms with Gasteiger partial charge < -0.3 is 9.47 Å². The molecule has 152 valence electrons. The molecular weight excluding hydrogens is 392 g/mol. The first-order chi connectivity index (χ1) is 13.9. The van der Waals surface area contributed by atoms with E-state index < -0.39 is 15.1 Å². The Morgan fingerprint density at radius 2 is 1.79 bits per heavy atom. The number of aromatic nitrogens is 5. The van der Waals surface area contributed by atoms with Crippen molar-refractivity contribution in [3.8, 4) is 11.3 Å². The topological polar surface area (TPSA) is 103 Å². The highest BCUT2D eigenvalue weighted by atomic mass is 32.2. The Labute approximate surface area is 168 Å². The van der Waals surface area contributed by atoms with E-state index in [9.17, 15) is 13.2 Å². The van der Waals surface area contributed by atoms with Crippen molar-refractivity contribution in [2.24, 2.45) is 14.1 Å². The summed E-state index contributed by atoms with van der Waals surface area (Å²) in [6.45, 7) is 0.735. The number of nitrogens with zero attached hydrogens (tertiary/aromatic N) is 6. The monoisotopic (exact) mass is 414 g/mol. The van der Waals surface area contributed by atoms with Crippen LogP contribution in [0.1, 0.15) is 23.3 Å². The van der Waals surface area contributed by atoms with Crippen molar-refractivity contribution >= 4 is 15.7 Å². The van der Waals surface area contributed by atoms with Crippen LogP contribution < -0.4 is 0 Å². The number of aryl methyl sites for hydroxylation is 2. The summed E-state index contributed by atoms with van der Waals surface area (Å²) in [5.74, 6) is -0.142. The van der Waals surface area contributed by atoms with Crippen molar-refractivity contribution < 1.29 is 13.2 Å². The Bertz CT molecular complexity index is 1130. The van der Waals surface area contributed by atoms with Crippen LogP contribution in [0.2, 0.25) is 0 Å². The molecule has 1 fully saturated rings. The van der Waals surface area contributed by atoms with Gasteiger partial charge >= 0.3 is 0 Å². The Morgan fingerprint density at radius 1 is 1.10 bits per heavy atom. The van der Waals surface area contributed by atoms with Crippen LogP contribution in [-0.4, -0.2) is 62.1 Å². The zero-order valence-corrected chi connectivity index (χ0v) is 17.1. The molecule has 1 saturated heterocycles. The number of hydrogen-bond donors (Lipinski definition) is 0. The van der Waals surface area contributed by atoms with Gasteiger partial charge in [0.25, 0.3) is 5.91 Å². The molecule has 0 unspecified atom stereocenters. The number of carbonyl (C=O) groups is 1. The molecule has 1 aliphatic heterocycles. The number of amides is 1. The number of sulfone groups is 1. The fraction of sp³-hybridized carbons (Fsp3) is 0.368. The fourth-order valence-electron chi connectivity index (χ4n) is 3.63. The number of rotatable bonds is 4. The first-order valence-electron chi connectivity index (χ1n) is 9.34. The van der Waals surface area contributed by atoms with Gasteiger partial charge in [0.2, 0.25) is 15.0 Å². The summed E-state index contributed by atoms with van der Waals surface area (Å²) in [5.41, 5.74) is 2.16. The molecule has 2 aromatic heterocycles. The number of piperidine rings is 1. The molecule has 29 heavy (non-hydrogen) atoms. The molecule has 3 heterocycles. The highest BCUT2D eigenvalue weighted by Gasteiger charge is 2.36. The number of likely N-dealkylation sites (tertiary alicyclic amines) is 1. The van der Waals surface area contributed by atoms with E-state index in [1.165, 1.54) is 10.9 Å². The standard InChI is InChI=1S/C19H22N6O3S/c1-23-13-20-21-19(23)29(27,28)15-8-10-25(11-9-15)18(26)17-12-16(22-24(17)2)14-6-4-3-5-7-14/h3-7,12-13,15H,8-11H2,1-2H3. The van der Waals surface area contributed by atoms with E-state index in [4.69, 9.17) is 0 Å². The van der Waals surface area contributed by atoms with Gasteiger partial charge in [0.15, 0.2) is 0 Å². The van der Waals surface area contributed by atoms with E-state index in [2.05, 4.69) is 15.3 Å². The Kier molecular flexibility index (Phi) is 4.95. The summed E-state index contributed by atoms with van der Waals surface area (Å²) in [6.07, 6.45) is 2.10. The maximum atomic E-state index is 13.0. The van der Waals surface area contributed by atoms with E-state index in [1.54, 1.807) is 29.7 Å². The molecule has 0 radical (unpaired) electrons. The van der Waals surface area contributed by atoms with Crippen molar-refractivity contribution in [2.45, 2.75) is 23.2 Å². The zero-order chi connectivity index (χ0) is 20.6. The maximum absolute atomic E-state index is 13.0. The summed E-state index contributed by atoms with van der Waals surface area (Å²) in [6, 6.07) is 11.4. The number of carbonyl (C=O) groups excluding carboxylic acids is 1. The van der Waals surface area contributed by atoms with Crippen LogP contribution >= 0.6 is 0 Å². The smallest absolute Gasteiger partial charge is 0.272 e. The minimum absolute atomic E-state index is 0.0265. The molecule has 1 aromatic carbocycles. The first-order valence-corrected chi connectivity index (χ1v) is 10.9. The summed E-state index contributed by atoms with van der Waals surface area (Å²) in [5, 5.41) is 11.3. The van der Waals surface area contributed by atoms with Gasteiger partial charge in [-0.25, -0.2) is 8.42 Å². The van der Waals surface area contributed by atoms with Crippen molar-refractivity contribution in [3.05, 3.63) is 48.4 Å². The molecule has 0 saturated carbocycles. The van der Waals surface area contributed by atoms with Gasteiger partial charge in [-0.15, -0.1) is 10.2 Å². The van der Waals surface area contributed by atoms with Gasteiger partial charge in [0.1, 0.15) is 12.0 Å². The molecule has 0 bridgehead atoms. The second-order valence-corrected chi connectivity index (χ2v) is 9.29. The van der Waals surface area contributed by atoms with Gasteiger partial charge in [-0.1, -0.05) is 30.3 Å². The van der Waals surface area contributed by atoms with Crippen LogP contribution in [0.15, 0.2) is 47.9 Å². The SMILES string of the molecule is Cn1cnnc1S(=O)(=O)C1CCN(C(=O)c2cc(-c3ccccc3)nn2C)CC1. The molecule has 1 amide bonds. The van der Waals surface area contributed by atoms with Crippen LogP contribution in [0.4, 0.5) is 0 Å². The first kappa shape index (κ1) is 19.3. The Balaban J connectivity index is 1.47. The van der Waals surface area contributed by atoms with Crippen molar-refractivity contribution in [1.29, 1.82) is 0 Å². The third kappa shape index (κ3) is 3.55. The molecule has 4 rings (SSSR count). The van der Waals surface area contributed by atoms with E-state index in [0.717, 1.165) is 11.3 Å². The fourth-order valence-corrected chi connectivity index (χ4v) is 5.37. The van der Waals surface area contributed by atoms with Crippen molar-refractivity contribution in [1.82, 2.24) is 29.4 Å². The van der Waals surface area contributed by atoms with Crippen LogP contribution in [0.5, 0.6) is 0 Å². The van der Waals surface area contributed by atoms with Crippen LogP contribution in [0, 0.1) is 0 Å². The second-order valence-electron chi connectivity index (χ2n) is 7.17. The lowest BCUT2D eigenvalue weighted by atomic mass is 10.1. The van der Waals surface area contributed by atoms with Crippen LogP contribution in [0.3, 0.4) is 0 Å². The molecule has 0 atom stereocenters. The molecule has 9 nitrogen and oxygen atoms in total. The summed E-state index contributed by atoms with van der Waals surface area (Å²) in [7, 11) is -0.219. The highest BCUT2D eigenvalue weighted by Crippen LogP contribution is 2.25. The predicted molar refractivity (Wildman–Crippen MR) is 106 cm³/mol. The van der Waals surface area contributed by atoms with E-state index in [1.807, 2.05) is 30.3 Å². The maximum Gasteiger partial charge on any atom is 0.272 e. The third-order valence-corrected chi connectivity index (χ3v) is 7.49. The normalized spacial score (nSPS) is 15.6. The van der Waals surface area contributed by atoms with Crippen LogP contribution in [-0.2, 0) is 23.9 Å². The molecule has 0 aliphatic carbocycles. The Morgan fingerprint density at radius 3 is 2.41 bits per heavy atom. The van der Waals surface area contributed by atoms with Gasteiger partial charge in [-0.2, -0.15) is 5.10 Å². The minimum atomic E-state index is -3.57. The number of benzene rings is 1. The molecule has 10 heteroatoms. The van der Waals surface area contributed by atoms with Gasteiger partial charge in [0.05, 0.1) is 10.9 Å². The highest BCUT2D eigenvalue weighted by molar-refractivity contribution is 7.91. The summed E-state index contributed by atoms with van der Waals surface area (Å²) < 4.78 is 28.6. The lowest BCUT2D eigenvalue weighted by molar-refractivity contribution is 0.0714. The molecular formula is C19H22N6O3S. The zero-order valence-electron chi connectivity index (χ0n) is 16.3.